The summed E-state index contributed by atoms with van der Waals surface area (Å²) in [7, 11) is 0. The molecule has 1 aromatic carbocycles. The van der Waals surface area contributed by atoms with Crippen molar-refractivity contribution in [2.45, 2.75) is 6.42 Å². The van der Waals surface area contributed by atoms with Crippen LogP contribution in [0.2, 0.25) is 0 Å². The number of ketones is 1. The number of Topliss-reactive ketones (excluding diaryl/α,β-unsaturated/α-hetero) is 1. The average Bonchev–Trinajstić information content (AvgIpc) is 2.17. The first-order valence-electron chi connectivity index (χ1n) is 4.62. The van der Waals surface area contributed by atoms with Crippen LogP contribution >= 0.6 is 0 Å². The molecule has 1 fully saturated rings. The molecule has 1 aromatic rings. The van der Waals surface area contributed by atoms with Crippen LogP contribution in [-0.4, -0.2) is 18.2 Å². The lowest BCUT2D eigenvalue weighted by molar-refractivity contribution is -0.139. The third-order valence-electron chi connectivity index (χ3n) is 2.41. The van der Waals surface area contributed by atoms with Gasteiger partial charge in [0, 0.05) is 13.0 Å². The molecule has 1 saturated heterocycles. The van der Waals surface area contributed by atoms with Crippen LogP contribution in [0.5, 0.6) is 0 Å². The molecular weight excluding hydrogens is 178 g/mol. The summed E-state index contributed by atoms with van der Waals surface area (Å²) in [6.07, 6.45) is 0.360. The second-order valence-electron chi connectivity index (χ2n) is 3.43. The van der Waals surface area contributed by atoms with Crippen LogP contribution in [0.25, 0.3) is 0 Å². The van der Waals surface area contributed by atoms with Crippen molar-refractivity contribution in [3.8, 4) is 0 Å². The van der Waals surface area contributed by atoms with Crippen LogP contribution in [0.3, 0.4) is 0 Å². The molecule has 0 aromatic heterocycles. The van der Waals surface area contributed by atoms with Crippen LogP contribution in [0.4, 0.5) is 0 Å². The average molecular weight is 189 g/mol. The fourth-order valence-corrected chi connectivity index (χ4v) is 1.47. The van der Waals surface area contributed by atoms with Crippen LogP contribution in [0.15, 0.2) is 30.3 Å². The highest BCUT2D eigenvalue weighted by atomic mass is 16.2. The molecule has 2 rings (SSSR count). The first-order chi connectivity index (χ1) is 6.77. The molecule has 1 amide bonds. The van der Waals surface area contributed by atoms with Crippen molar-refractivity contribution in [2.75, 3.05) is 6.54 Å². The van der Waals surface area contributed by atoms with Gasteiger partial charge in [-0.05, 0) is 5.56 Å². The number of carbonyl (C=O) groups is 2. The molecule has 1 N–H and O–H groups in total. The maximum atomic E-state index is 11.5. The van der Waals surface area contributed by atoms with Gasteiger partial charge in [0.15, 0.2) is 5.78 Å². The van der Waals surface area contributed by atoms with E-state index in [1.165, 1.54) is 0 Å². The van der Waals surface area contributed by atoms with E-state index >= 15 is 0 Å². The zero-order chi connectivity index (χ0) is 9.97. The molecule has 3 heteroatoms. The fraction of sp³-hybridized carbons (Fsp3) is 0.273. The number of amides is 1. The zero-order valence-corrected chi connectivity index (χ0v) is 7.69. The summed E-state index contributed by atoms with van der Waals surface area (Å²) in [5, 5.41) is 2.57. The Morgan fingerprint density at radius 3 is 2.57 bits per heavy atom. The first kappa shape index (κ1) is 8.94. The highest BCUT2D eigenvalue weighted by Crippen LogP contribution is 2.10. The van der Waals surface area contributed by atoms with Gasteiger partial charge in [0.25, 0.3) is 0 Å². The van der Waals surface area contributed by atoms with Crippen molar-refractivity contribution in [1.29, 1.82) is 0 Å². The number of β-lactam (4-membered cyclic amide) rings is 1. The summed E-state index contributed by atoms with van der Waals surface area (Å²) in [4.78, 5) is 22.5. The number of carbonyl (C=O) groups excluding carboxylic acids is 2. The van der Waals surface area contributed by atoms with Crippen molar-refractivity contribution < 1.29 is 9.59 Å². The number of hydrogen-bond acceptors (Lipinski definition) is 2. The molecule has 1 aliphatic heterocycles. The first-order valence-corrected chi connectivity index (χ1v) is 4.62. The minimum atomic E-state index is -0.407. The predicted octanol–water partition coefficient (Wildman–Crippen LogP) is 0.544. The van der Waals surface area contributed by atoms with Gasteiger partial charge in [-0.3, -0.25) is 9.59 Å². The molecule has 0 spiro atoms. The number of benzene rings is 1. The highest BCUT2D eigenvalue weighted by molar-refractivity contribution is 6.06. The van der Waals surface area contributed by atoms with Gasteiger partial charge in [-0.1, -0.05) is 30.3 Å². The maximum Gasteiger partial charge on any atom is 0.232 e. The molecule has 1 unspecified atom stereocenters. The molecule has 14 heavy (non-hydrogen) atoms. The third kappa shape index (κ3) is 1.66. The fourth-order valence-electron chi connectivity index (χ4n) is 1.47. The standard InChI is InChI=1S/C11H11NO2/c13-10(9-7-12-11(9)14)6-8-4-2-1-3-5-8/h1-5,9H,6-7H2,(H,12,14). The molecule has 0 saturated carbocycles. The van der Waals surface area contributed by atoms with Crippen molar-refractivity contribution in [1.82, 2.24) is 5.32 Å². The summed E-state index contributed by atoms with van der Waals surface area (Å²) in [5.74, 6) is -0.527. The third-order valence-corrected chi connectivity index (χ3v) is 2.41. The summed E-state index contributed by atoms with van der Waals surface area (Å²) in [5.41, 5.74) is 0.970. The molecule has 0 bridgehead atoms. The molecule has 72 valence electrons. The lowest BCUT2D eigenvalue weighted by Crippen LogP contribution is -2.52. The van der Waals surface area contributed by atoms with Crippen molar-refractivity contribution in [3.05, 3.63) is 35.9 Å². The monoisotopic (exact) mass is 189 g/mol. The normalized spacial score (nSPS) is 19.7. The largest absolute Gasteiger partial charge is 0.354 e. The van der Waals surface area contributed by atoms with E-state index in [0.717, 1.165) is 5.56 Å². The van der Waals surface area contributed by atoms with Gasteiger partial charge in [-0.2, -0.15) is 0 Å². The van der Waals surface area contributed by atoms with Gasteiger partial charge in [0.1, 0.15) is 5.92 Å². The van der Waals surface area contributed by atoms with E-state index in [2.05, 4.69) is 5.32 Å². The number of nitrogens with one attached hydrogen (secondary N) is 1. The smallest absolute Gasteiger partial charge is 0.232 e. The Labute approximate surface area is 82.1 Å². The quantitative estimate of drug-likeness (QED) is 0.557. The van der Waals surface area contributed by atoms with E-state index in [1.807, 2.05) is 30.3 Å². The van der Waals surface area contributed by atoms with E-state index in [1.54, 1.807) is 0 Å². The Balaban J connectivity index is 1.98. The Bertz CT molecular complexity index is 359. The van der Waals surface area contributed by atoms with E-state index < -0.39 is 5.92 Å². The molecule has 0 aliphatic carbocycles. The Kier molecular flexibility index (Phi) is 2.31. The molecule has 1 atom stereocenters. The molecule has 1 aliphatic rings. The minimum Gasteiger partial charge on any atom is -0.354 e. The maximum absolute atomic E-state index is 11.5. The number of rotatable bonds is 3. The molecule has 3 nitrogen and oxygen atoms in total. The molecule has 0 radical (unpaired) electrons. The van der Waals surface area contributed by atoms with Crippen molar-refractivity contribution in [2.24, 2.45) is 5.92 Å². The molecule has 1 heterocycles. The van der Waals surface area contributed by atoms with Crippen LogP contribution in [0.1, 0.15) is 5.56 Å². The van der Waals surface area contributed by atoms with Crippen LogP contribution < -0.4 is 5.32 Å². The number of hydrogen-bond donors (Lipinski definition) is 1. The van der Waals surface area contributed by atoms with Gasteiger partial charge in [0.05, 0.1) is 0 Å². The van der Waals surface area contributed by atoms with E-state index in [-0.39, 0.29) is 11.7 Å². The van der Waals surface area contributed by atoms with Gasteiger partial charge >= 0.3 is 0 Å². The summed E-state index contributed by atoms with van der Waals surface area (Å²) in [6.45, 7) is 0.504. The highest BCUT2D eigenvalue weighted by Gasteiger charge is 2.33. The lowest BCUT2D eigenvalue weighted by atomic mass is 9.92. The predicted molar refractivity (Wildman–Crippen MR) is 51.7 cm³/mol. The summed E-state index contributed by atoms with van der Waals surface area (Å²) < 4.78 is 0. The second-order valence-corrected chi connectivity index (χ2v) is 3.43. The van der Waals surface area contributed by atoms with Crippen molar-refractivity contribution >= 4 is 11.7 Å². The zero-order valence-electron chi connectivity index (χ0n) is 7.69. The van der Waals surface area contributed by atoms with Crippen LogP contribution in [-0.2, 0) is 16.0 Å². The second kappa shape index (κ2) is 3.62. The van der Waals surface area contributed by atoms with Gasteiger partial charge < -0.3 is 5.32 Å². The topological polar surface area (TPSA) is 46.2 Å². The van der Waals surface area contributed by atoms with Gasteiger partial charge in [-0.25, -0.2) is 0 Å². The Morgan fingerprint density at radius 1 is 1.36 bits per heavy atom. The Morgan fingerprint density at radius 2 is 2.07 bits per heavy atom. The minimum absolute atomic E-state index is 0.0138. The van der Waals surface area contributed by atoms with Gasteiger partial charge in [-0.15, -0.1) is 0 Å². The summed E-state index contributed by atoms with van der Waals surface area (Å²) in [6, 6.07) is 9.49. The van der Waals surface area contributed by atoms with Crippen LogP contribution in [0, 0.1) is 5.92 Å². The van der Waals surface area contributed by atoms with E-state index in [4.69, 9.17) is 0 Å². The van der Waals surface area contributed by atoms with Crippen molar-refractivity contribution in [3.63, 3.8) is 0 Å². The van der Waals surface area contributed by atoms with E-state index in [0.29, 0.717) is 13.0 Å². The molecular formula is C11H11NO2. The van der Waals surface area contributed by atoms with E-state index in [9.17, 15) is 9.59 Å². The lowest BCUT2D eigenvalue weighted by Gasteiger charge is -2.24. The summed E-state index contributed by atoms with van der Waals surface area (Å²) >= 11 is 0. The SMILES string of the molecule is O=C(Cc1ccccc1)C1CNC1=O. The van der Waals surface area contributed by atoms with Gasteiger partial charge in [0.2, 0.25) is 5.91 Å². The Hall–Kier alpha value is -1.64.